The van der Waals surface area contributed by atoms with Gasteiger partial charge in [0.25, 0.3) is 11.5 Å². The van der Waals surface area contributed by atoms with Crippen molar-refractivity contribution in [2.75, 3.05) is 5.32 Å². The van der Waals surface area contributed by atoms with Gasteiger partial charge in [0.05, 0.1) is 12.1 Å². The first-order chi connectivity index (χ1) is 11.6. The maximum atomic E-state index is 12.6. The molecule has 0 aliphatic carbocycles. The topological polar surface area (TPSA) is 109 Å². The molecule has 134 valence electrons. The fourth-order valence-corrected chi connectivity index (χ4v) is 2.66. The molecule has 0 saturated heterocycles. The van der Waals surface area contributed by atoms with Gasteiger partial charge < -0.3 is 14.6 Å². The summed E-state index contributed by atoms with van der Waals surface area (Å²) in [7, 11) is 0. The van der Waals surface area contributed by atoms with Crippen LogP contribution in [0.2, 0.25) is 0 Å². The minimum absolute atomic E-state index is 0.00980. The summed E-state index contributed by atoms with van der Waals surface area (Å²) in [6, 6.07) is 1.47. The predicted molar refractivity (Wildman–Crippen MR) is 90.7 cm³/mol. The van der Waals surface area contributed by atoms with Crippen LogP contribution < -0.4 is 10.9 Å². The molecular formula is C16H21N5O4. The SMILES string of the molecule is CC(C)N1Cc2c([nH]c3cc(NC(=O)OC(C)(C)C)nn3c2=O)C1=O. The maximum absolute atomic E-state index is 12.6. The monoisotopic (exact) mass is 347 g/mol. The summed E-state index contributed by atoms with van der Waals surface area (Å²) in [6.45, 7) is 9.26. The fourth-order valence-electron chi connectivity index (χ4n) is 2.66. The van der Waals surface area contributed by atoms with E-state index >= 15 is 0 Å². The van der Waals surface area contributed by atoms with Crippen molar-refractivity contribution in [2.45, 2.75) is 52.8 Å². The molecule has 0 fully saturated rings. The number of carbonyl (C=O) groups excluding carboxylic acids is 2. The minimum atomic E-state index is -0.669. The number of ether oxygens (including phenoxy) is 1. The first-order valence-corrected chi connectivity index (χ1v) is 8.03. The van der Waals surface area contributed by atoms with Gasteiger partial charge in [-0.15, -0.1) is 5.10 Å². The fraction of sp³-hybridized carbons (Fsp3) is 0.500. The summed E-state index contributed by atoms with van der Waals surface area (Å²) in [5.41, 5.74) is -0.0493. The molecule has 2 amide bonds. The van der Waals surface area contributed by atoms with E-state index in [2.05, 4.69) is 15.4 Å². The quantitative estimate of drug-likeness (QED) is 0.860. The van der Waals surface area contributed by atoms with E-state index in [9.17, 15) is 14.4 Å². The van der Waals surface area contributed by atoms with Crippen LogP contribution in [-0.2, 0) is 11.3 Å². The van der Waals surface area contributed by atoms with E-state index in [0.717, 1.165) is 4.52 Å². The third-order valence-electron chi connectivity index (χ3n) is 3.77. The van der Waals surface area contributed by atoms with E-state index in [4.69, 9.17) is 4.74 Å². The average molecular weight is 347 g/mol. The van der Waals surface area contributed by atoms with Gasteiger partial charge >= 0.3 is 6.09 Å². The highest BCUT2D eigenvalue weighted by Gasteiger charge is 2.33. The smallest absolute Gasteiger partial charge is 0.413 e. The van der Waals surface area contributed by atoms with Crippen LogP contribution in [0.5, 0.6) is 0 Å². The van der Waals surface area contributed by atoms with Gasteiger partial charge in [0.15, 0.2) is 5.82 Å². The van der Waals surface area contributed by atoms with Gasteiger partial charge in [0, 0.05) is 12.1 Å². The Balaban J connectivity index is 1.94. The Hall–Kier alpha value is -2.84. The lowest BCUT2D eigenvalue weighted by Crippen LogP contribution is -2.31. The lowest BCUT2D eigenvalue weighted by molar-refractivity contribution is 0.0634. The van der Waals surface area contributed by atoms with Crippen LogP contribution in [0.25, 0.3) is 5.65 Å². The maximum Gasteiger partial charge on any atom is 0.413 e. The number of fused-ring (bicyclic) bond motifs is 2. The molecule has 0 radical (unpaired) electrons. The van der Waals surface area contributed by atoms with Crippen molar-refractivity contribution in [1.29, 1.82) is 0 Å². The van der Waals surface area contributed by atoms with E-state index in [1.54, 1.807) is 25.7 Å². The average Bonchev–Trinajstić information content (AvgIpc) is 2.99. The Morgan fingerprint density at radius 1 is 1.36 bits per heavy atom. The van der Waals surface area contributed by atoms with Crippen molar-refractivity contribution in [3.05, 3.63) is 27.7 Å². The van der Waals surface area contributed by atoms with Crippen molar-refractivity contribution in [3.63, 3.8) is 0 Å². The predicted octanol–water partition coefficient (Wildman–Crippen LogP) is 1.73. The molecular weight excluding hydrogens is 326 g/mol. The number of hydrogen-bond donors (Lipinski definition) is 2. The van der Waals surface area contributed by atoms with Gasteiger partial charge in [-0.1, -0.05) is 0 Å². The molecule has 9 heteroatoms. The molecule has 1 aliphatic heterocycles. The standard InChI is InChI=1S/C16H21N5O4/c1-8(2)20-7-9-12(14(20)23)18-11-6-10(19-21(11)13(9)22)17-15(24)25-16(3,4)5/h6,8,18H,7H2,1-5H3,(H,17,19,24). The molecule has 9 nitrogen and oxygen atoms in total. The number of rotatable bonds is 2. The first-order valence-electron chi connectivity index (χ1n) is 8.03. The summed E-state index contributed by atoms with van der Waals surface area (Å²) in [4.78, 5) is 41.4. The number of H-pyrrole nitrogens is 1. The summed E-state index contributed by atoms with van der Waals surface area (Å²) in [6.07, 6.45) is -0.669. The summed E-state index contributed by atoms with van der Waals surface area (Å²) in [5.74, 6) is -0.0492. The number of aromatic nitrogens is 3. The highest BCUT2D eigenvalue weighted by molar-refractivity contribution is 5.97. The van der Waals surface area contributed by atoms with Gasteiger partial charge in [-0.3, -0.25) is 14.9 Å². The number of anilines is 1. The van der Waals surface area contributed by atoms with Gasteiger partial charge in [-0.2, -0.15) is 4.52 Å². The third-order valence-corrected chi connectivity index (χ3v) is 3.77. The lowest BCUT2D eigenvalue weighted by Gasteiger charge is -2.19. The molecule has 0 spiro atoms. The van der Waals surface area contributed by atoms with Crippen molar-refractivity contribution < 1.29 is 14.3 Å². The number of carbonyl (C=O) groups is 2. The number of aromatic amines is 1. The molecule has 2 N–H and O–H groups in total. The second-order valence-corrected chi connectivity index (χ2v) is 7.26. The summed E-state index contributed by atoms with van der Waals surface area (Å²) >= 11 is 0. The highest BCUT2D eigenvalue weighted by Crippen LogP contribution is 2.21. The van der Waals surface area contributed by atoms with E-state index in [0.29, 0.717) is 11.2 Å². The zero-order valence-corrected chi connectivity index (χ0v) is 14.8. The Morgan fingerprint density at radius 2 is 2.04 bits per heavy atom. The zero-order chi connectivity index (χ0) is 18.5. The molecule has 3 rings (SSSR count). The van der Waals surface area contributed by atoms with Crippen molar-refractivity contribution >= 4 is 23.5 Å². The van der Waals surface area contributed by atoms with Gasteiger partial charge in [-0.05, 0) is 34.6 Å². The van der Waals surface area contributed by atoms with E-state index in [-0.39, 0.29) is 35.6 Å². The number of nitrogens with one attached hydrogen (secondary N) is 2. The lowest BCUT2D eigenvalue weighted by atomic mass is 10.2. The van der Waals surface area contributed by atoms with E-state index in [1.165, 1.54) is 6.07 Å². The number of hydrogen-bond acceptors (Lipinski definition) is 5. The molecule has 0 atom stereocenters. The van der Waals surface area contributed by atoms with Crippen LogP contribution in [-0.4, -0.2) is 43.1 Å². The number of amides is 2. The Labute approximate surface area is 144 Å². The minimum Gasteiger partial charge on any atom is -0.444 e. The molecule has 3 heterocycles. The largest absolute Gasteiger partial charge is 0.444 e. The summed E-state index contributed by atoms with van der Waals surface area (Å²) < 4.78 is 6.30. The van der Waals surface area contributed by atoms with Crippen molar-refractivity contribution in [1.82, 2.24) is 19.5 Å². The normalized spacial score (nSPS) is 14.3. The molecule has 25 heavy (non-hydrogen) atoms. The second kappa shape index (κ2) is 5.61. The van der Waals surface area contributed by atoms with Crippen LogP contribution in [0, 0.1) is 0 Å². The van der Waals surface area contributed by atoms with Gasteiger partial charge in [0.2, 0.25) is 0 Å². The number of nitrogens with zero attached hydrogens (tertiary/aromatic N) is 3. The first kappa shape index (κ1) is 17.0. The zero-order valence-electron chi connectivity index (χ0n) is 14.8. The molecule has 0 unspecified atom stereocenters. The Morgan fingerprint density at radius 3 is 2.64 bits per heavy atom. The van der Waals surface area contributed by atoms with E-state index < -0.39 is 11.7 Å². The Bertz CT molecular complexity index is 919. The third kappa shape index (κ3) is 3.09. The summed E-state index contributed by atoms with van der Waals surface area (Å²) in [5, 5.41) is 6.57. The van der Waals surface area contributed by atoms with Crippen molar-refractivity contribution in [3.8, 4) is 0 Å². The van der Waals surface area contributed by atoms with E-state index in [1.807, 2.05) is 13.8 Å². The second-order valence-electron chi connectivity index (χ2n) is 7.26. The molecule has 0 bridgehead atoms. The molecule has 0 aromatic carbocycles. The molecule has 1 aliphatic rings. The van der Waals surface area contributed by atoms with Crippen LogP contribution >= 0.6 is 0 Å². The van der Waals surface area contributed by atoms with Crippen molar-refractivity contribution in [2.24, 2.45) is 0 Å². The highest BCUT2D eigenvalue weighted by atomic mass is 16.6. The molecule has 2 aromatic heterocycles. The van der Waals surface area contributed by atoms with Crippen LogP contribution in [0.3, 0.4) is 0 Å². The van der Waals surface area contributed by atoms with Gasteiger partial charge in [0.1, 0.15) is 16.9 Å². The molecule has 0 saturated carbocycles. The molecule has 2 aromatic rings. The van der Waals surface area contributed by atoms with Crippen LogP contribution in [0.15, 0.2) is 10.9 Å². The van der Waals surface area contributed by atoms with Gasteiger partial charge in [-0.25, -0.2) is 4.79 Å². The Kier molecular flexibility index (Phi) is 3.81. The van der Waals surface area contributed by atoms with Crippen LogP contribution in [0.4, 0.5) is 10.6 Å². The van der Waals surface area contributed by atoms with Crippen LogP contribution in [0.1, 0.15) is 50.7 Å².